The van der Waals surface area contributed by atoms with Gasteiger partial charge in [0.25, 0.3) is 0 Å². The lowest BCUT2D eigenvalue weighted by Crippen LogP contribution is -1.89. The summed E-state index contributed by atoms with van der Waals surface area (Å²) in [4.78, 5) is 12.4. The van der Waals surface area contributed by atoms with Crippen LogP contribution in [-0.2, 0) is 0 Å². The third kappa shape index (κ3) is 2.68. The van der Waals surface area contributed by atoms with E-state index in [1.165, 1.54) is 11.8 Å². The first-order valence-corrected chi connectivity index (χ1v) is 6.31. The molecule has 0 saturated carbocycles. The highest BCUT2D eigenvalue weighted by molar-refractivity contribution is 8.01. The highest BCUT2D eigenvalue weighted by Crippen LogP contribution is 2.31. The fourth-order valence-corrected chi connectivity index (χ4v) is 2.95. The molecule has 78 valence electrons. The van der Waals surface area contributed by atoms with Crippen LogP contribution in [0, 0.1) is 13.8 Å². The average molecular weight is 258 g/mol. The first-order chi connectivity index (χ1) is 7.15. The molecule has 0 bridgehead atoms. The van der Waals surface area contributed by atoms with Gasteiger partial charge < -0.3 is 0 Å². The van der Waals surface area contributed by atoms with Gasteiger partial charge in [0.2, 0.25) is 5.28 Å². The predicted octanol–water partition coefficient (Wildman–Crippen LogP) is 3.35. The van der Waals surface area contributed by atoms with Gasteiger partial charge in [-0.15, -0.1) is 11.3 Å². The highest BCUT2D eigenvalue weighted by atomic mass is 35.5. The van der Waals surface area contributed by atoms with Gasteiger partial charge in [0.05, 0.1) is 0 Å². The van der Waals surface area contributed by atoms with Gasteiger partial charge in [0, 0.05) is 22.8 Å². The molecule has 2 heterocycles. The van der Waals surface area contributed by atoms with Crippen molar-refractivity contribution in [3.63, 3.8) is 0 Å². The van der Waals surface area contributed by atoms with Crippen LogP contribution in [0.2, 0.25) is 5.28 Å². The molecule has 0 aliphatic heterocycles. The minimum absolute atomic E-state index is 0.274. The predicted molar refractivity (Wildman–Crippen MR) is 62.8 cm³/mol. The van der Waals surface area contributed by atoms with Crippen LogP contribution in [0.15, 0.2) is 20.9 Å². The van der Waals surface area contributed by atoms with E-state index in [4.69, 9.17) is 11.6 Å². The lowest BCUT2D eigenvalue weighted by atomic mass is 10.4. The van der Waals surface area contributed by atoms with E-state index in [-0.39, 0.29) is 5.28 Å². The van der Waals surface area contributed by atoms with Crippen LogP contribution >= 0.6 is 34.7 Å². The Bertz CT molecular complexity index is 484. The maximum absolute atomic E-state index is 5.74. The van der Waals surface area contributed by atoms with E-state index in [2.05, 4.69) is 15.0 Å². The maximum Gasteiger partial charge on any atom is 0.223 e. The molecular weight excluding hydrogens is 250 g/mol. The molecular formula is C9H8ClN3S2. The van der Waals surface area contributed by atoms with Crippen molar-refractivity contribution in [1.29, 1.82) is 0 Å². The number of rotatable bonds is 2. The Hall–Kier alpha value is -0.650. The van der Waals surface area contributed by atoms with Crippen LogP contribution in [0.25, 0.3) is 0 Å². The topological polar surface area (TPSA) is 38.7 Å². The minimum Gasteiger partial charge on any atom is -0.235 e. The summed E-state index contributed by atoms with van der Waals surface area (Å²) >= 11 is 8.86. The van der Waals surface area contributed by atoms with Crippen molar-refractivity contribution in [3.8, 4) is 0 Å². The minimum atomic E-state index is 0.274. The van der Waals surface area contributed by atoms with Crippen LogP contribution < -0.4 is 0 Å². The second-order valence-corrected chi connectivity index (χ2v) is 5.42. The molecule has 0 atom stereocenters. The molecule has 2 rings (SSSR count). The Kier molecular flexibility index (Phi) is 3.23. The quantitative estimate of drug-likeness (QED) is 0.611. The Labute approximate surface area is 101 Å². The lowest BCUT2D eigenvalue weighted by Gasteiger charge is -2.00. The first-order valence-electron chi connectivity index (χ1n) is 4.24. The second kappa shape index (κ2) is 4.47. The van der Waals surface area contributed by atoms with E-state index in [0.29, 0.717) is 0 Å². The average Bonchev–Trinajstić information content (AvgIpc) is 2.58. The fraction of sp³-hybridized carbons (Fsp3) is 0.222. The van der Waals surface area contributed by atoms with Gasteiger partial charge in [-0.05, 0) is 37.2 Å². The normalized spacial score (nSPS) is 10.6. The van der Waals surface area contributed by atoms with Crippen molar-refractivity contribution >= 4 is 34.7 Å². The maximum atomic E-state index is 5.74. The molecule has 0 aliphatic rings. The van der Waals surface area contributed by atoms with Crippen molar-refractivity contribution < 1.29 is 0 Å². The van der Waals surface area contributed by atoms with Crippen LogP contribution in [0.1, 0.15) is 11.3 Å². The van der Waals surface area contributed by atoms with Gasteiger partial charge in [-0.3, -0.25) is 0 Å². The van der Waals surface area contributed by atoms with E-state index >= 15 is 0 Å². The molecule has 0 fully saturated rings. The third-order valence-electron chi connectivity index (χ3n) is 1.68. The van der Waals surface area contributed by atoms with Gasteiger partial charge in [0.15, 0.2) is 4.34 Å². The number of thiazole rings is 1. The number of aryl methyl sites for hydroxylation is 2. The zero-order valence-electron chi connectivity index (χ0n) is 8.19. The third-order valence-corrected chi connectivity index (χ3v) is 4.02. The molecule has 6 heteroatoms. The summed E-state index contributed by atoms with van der Waals surface area (Å²) in [6.07, 6.45) is 1.72. The lowest BCUT2D eigenvalue weighted by molar-refractivity contribution is 1.00. The summed E-state index contributed by atoms with van der Waals surface area (Å²) < 4.78 is 0.977. The van der Waals surface area contributed by atoms with E-state index in [1.54, 1.807) is 17.5 Å². The summed E-state index contributed by atoms with van der Waals surface area (Å²) in [6, 6.07) is 0. The van der Waals surface area contributed by atoms with Crippen molar-refractivity contribution in [3.05, 3.63) is 28.1 Å². The van der Waals surface area contributed by atoms with Crippen molar-refractivity contribution in [2.45, 2.75) is 23.2 Å². The highest BCUT2D eigenvalue weighted by Gasteiger charge is 2.07. The van der Waals surface area contributed by atoms with Crippen molar-refractivity contribution in [2.24, 2.45) is 0 Å². The number of hydrogen-bond donors (Lipinski definition) is 0. The fourth-order valence-electron chi connectivity index (χ4n) is 0.971. The summed E-state index contributed by atoms with van der Waals surface area (Å²) in [5.41, 5.74) is 2.04. The molecule has 0 N–H and O–H groups in total. The Morgan fingerprint density at radius 2 is 2.13 bits per heavy atom. The van der Waals surface area contributed by atoms with E-state index < -0.39 is 0 Å². The molecule has 15 heavy (non-hydrogen) atoms. The van der Waals surface area contributed by atoms with E-state index in [0.717, 1.165) is 20.6 Å². The number of halogens is 1. The summed E-state index contributed by atoms with van der Waals surface area (Å²) in [5, 5.41) is 3.15. The molecule has 2 aromatic heterocycles. The Balaban J connectivity index is 2.27. The van der Waals surface area contributed by atoms with Gasteiger partial charge in [0.1, 0.15) is 5.03 Å². The summed E-state index contributed by atoms with van der Waals surface area (Å²) in [7, 11) is 0. The second-order valence-electron chi connectivity index (χ2n) is 2.98. The number of nitrogens with zero attached hydrogens (tertiary/aromatic N) is 3. The molecule has 2 aromatic rings. The number of aromatic nitrogens is 3. The summed E-state index contributed by atoms with van der Waals surface area (Å²) in [6.45, 7) is 3.93. The van der Waals surface area contributed by atoms with Gasteiger partial charge in [-0.25, -0.2) is 15.0 Å². The van der Waals surface area contributed by atoms with E-state index in [9.17, 15) is 0 Å². The van der Waals surface area contributed by atoms with Crippen molar-refractivity contribution in [1.82, 2.24) is 15.0 Å². The van der Waals surface area contributed by atoms with Crippen molar-refractivity contribution in [2.75, 3.05) is 0 Å². The van der Waals surface area contributed by atoms with Crippen LogP contribution in [-0.4, -0.2) is 15.0 Å². The first kappa shape index (κ1) is 10.9. The van der Waals surface area contributed by atoms with Gasteiger partial charge in [-0.2, -0.15) is 0 Å². The summed E-state index contributed by atoms with van der Waals surface area (Å²) in [5.74, 6) is 0. The zero-order valence-corrected chi connectivity index (χ0v) is 10.6. The standard InChI is InChI=1S/C9H8ClN3S2/c1-5-3-11-8(10)13-7(5)15-9-12-6(2)4-14-9/h3-4H,1-2H3. The molecule has 0 unspecified atom stereocenters. The number of hydrogen-bond acceptors (Lipinski definition) is 5. The molecule has 0 aromatic carbocycles. The largest absolute Gasteiger partial charge is 0.235 e. The van der Waals surface area contributed by atoms with Crippen LogP contribution in [0.4, 0.5) is 0 Å². The Morgan fingerprint density at radius 3 is 2.80 bits per heavy atom. The van der Waals surface area contributed by atoms with Gasteiger partial charge >= 0.3 is 0 Å². The Morgan fingerprint density at radius 1 is 1.33 bits per heavy atom. The SMILES string of the molecule is Cc1csc(Sc2nc(Cl)ncc2C)n1. The van der Waals surface area contributed by atoms with Crippen LogP contribution in [0.3, 0.4) is 0 Å². The molecule has 0 spiro atoms. The van der Waals surface area contributed by atoms with Gasteiger partial charge in [-0.1, -0.05) is 0 Å². The molecule has 0 radical (unpaired) electrons. The monoisotopic (exact) mass is 257 g/mol. The molecule has 3 nitrogen and oxygen atoms in total. The molecule has 0 aliphatic carbocycles. The van der Waals surface area contributed by atoms with E-state index in [1.807, 2.05) is 19.2 Å². The van der Waals surface area contributed by atoms with Crippen LogP contribution in [0.5, 0.6) is 0 Å². The molecule has 0 amide bonds. The molecule has 0 saturated heterocycles. The smallest absolute Gasteiger partial charge is 0.223 e. The zero-order chi connectivity index (χ0) is 10.8.